The summed E-state index contributed by atoms with van der Waals surface area (Å²) in [5.74, 6) is -4.82. The fourth-order valence-electron chi connectivity index (χ4n) is 4.78. The summed E-state index contributed by atoms with van der Waals surface area (Å²) in [6.07, 6.45) is 3.78. The van der Waals surface area contributed by atoms with Crippen LogP contribution in [0.25, 0.3) is 10.9 Å². The molecule has 0 bridgehead atoms. The number of nitrogens with zero attached hydrogens (tertiary/aromatic N) is 5. The smallest absolute Gasteiger partial charge is 0.316 e. The van der Waals surface area contributed by atoms with Crippen LogP contribution in [0.3, 0.4) is 0 Å². The van der Waals surface area contributed by atoms with Gasteiger partial charge in [0, 0.05) is 43.9 Å². The van der Waals surface area contributed by atoms with Gasteiger partial charge < -0.3 is 19.6 Å². The van der Waals surface area contributed by atoms with Crippen LogP contribution in [0.4, 0.5) is 23.4 Å². The zero-order valence-electron chi connectivity index (χ0n) is 17.4. The van der Waals surface area contributed by atoms with Gasteiger partial charge in [0.2, 0.25) is 0 Å². The van der Waals surface area contributed by atoms with Crippen molar-refractivity contribution in [3.8, 4) is 6.01 Å². The van der Waals surface area contributed by atoms with Crippen molar-refractivity contribution in [3.05, 3.63) is 23.2 Å². The third kappa shape index (κ3) is 4.66. The van der Waals surface area contributed by atoms with Crippen molar-refractivity contribution in [1.82, 2.24) is 19.9 Å². The van der Waals surface area contributed by atoms with Crippen molar-refractivity contribution in [2.75, 3.05) is 37.7 Å². The first-order chi connectivity index (χ1) is 15.3. The van der Waals surface area contributed by atoms with E-state index in [1.165, 1.54) is 23.6 Å². The molecule has 4 aliphatic rings. The number of hydrogen-bond acceptors (Lipinski definition) is 7. The minimum Gasteiger partial charge on any atom is -0.479 e. The summed E-state index contributed by atoms with van der Waals surface area (Å²) in [4.78, 5) is 14.6. The van der Waals surface area contributed by atoms with Crippen LogP contribution in [0.1, 0.15) is 19.3 Å². The number of ether oxygens (including phenoxy) is 1. The van der Waals surface area contributed by atoms with Gasteiger partial charge in [-0.3, -0.25) is 0 Å². The Hall–Kier alpha value is -0.928. The van der Waals surface area contributed by atoms with Crippen molar-refractivity contribution in [2.24, 2.45) is 5.92 Å². The largest absolute Gasteiger partial charge is 0.479 e. The van der Waals surface area contributed by atoms with Crippen LogP contribution in [0.5, 0.6) is 6.01 Å². The maximum atomic E-state index is 14.1. The number of aromatic nitrogens is 3. The molecule has 0 aromatic carbocycles. The standard InChI is InChI=1S/C13H10ClF3N4O2.C7H11FN.U/c14-10-7(15)8-5(3-18-10)11(20-12(22)19-8)21-1-2-23-4-6-9(21)13(6,16)17;8-6-4-7-2-1-3-9(7)5-6;/h3,6,9H,1-2,4H2,(H,19,20,22);6H,1-5H2;/q;-1;/t6?,9-;6-;/m11./s1. The van der Waals surface area contributed by atoms with Gasteiger partial charge >= 0.3 is 6.01 Å². The average molecular weight is 713 g/mol. The molecule has 3 aliphatic heterocycles. The molecule has 5 heterocycles. The molecule has 3 saturated heterocycles. The summed E-state index contributed by atoms with van der Waals surface area (Å²) in [5, 5.41) is 9.34. The summed E-state index contributed by atoms with van der Waals surface area (Å²) >= 11 is 5.60. The Morgan fingerprint density at radius 2 is 2.06 bits per heavy atom. The number of halogens is 5. The number of aromatic hydroxyl groups is 1. The molecule has 0 spiro atoms. The normalized spacial score (nSPS) is 28.4. The average Bonchev–Trinajstić information content (AvgIpc) is 2.93. The third-order valence-corrected chi connectivity index (χ3v) is 6.63. The number of anilines is 1. The van der Waals surface area contributed by atoms with Crippen LogP contribution in [-0.2, 0) is 4.74 Å². The van der Waals surface area contributed by atoms with Crippen molar-refractivity contribution >= 4 is 28.3 Å². The predicted octanol–water partition coefficient (Wildman–Crippen LogP) is 3.35. The summed E-state index contributed by atoms with van der Waals surface area (Å²) in [6, 6.07) is -0.469. The van der Waals surface area contributed by atoms with E-state index in [-0.39, 0.29) is 67.6 Å². The first-order valence-electron chi connectivity index (χ1n) is 10.4. The summed E-state index contributed by atoms with van der Waals surface area (Å²) in [7, 11) is 0. The summed E-state index contributed by atoms with van der Waals surface area (Å²) in [5.41, 5.74) is -0.266. The number of alkyl halides is 3. The monoisotopic (exact) mass is 712 g/mol. The van der Waals surface area contributed by atoms with Crippen molar-refractivity contribution in [2.45, 2.75) is 37.4 Å². The van der Waals surface area contributed by atoms with E-state index in [4.69, 9.17) is 16.3 Å². The first-order valence-corrected chi connectivity index (χ1v) is 10.8. The molecule has 2 aromatic heterocycles. The van der Waals surface area contributed by atoms with Crippen LogP contribution < -0.4 is 4.90 Å². The fraction of sp³-hybridized carbons (Fsp3) is 0.600. The second-order valence-electron chi connectivity index (χ2n) is 8.38. The molecule has 13 heteroatoms. The molecule has 2 aromatic rings. The Bertz CT molecular complexity index is 1030. The number of rotatable bonds is 1. The van der Waals surface area contributed by atoms with E-state index in [2.05, 4.69) is 19.9 Å². The zero-order valence-corrected chi connectivity index (χ0v) is 22.4. The van der Waals surface area contributed by atoms with Gasteiger partial charge in [0.15, 0.2) is 11.0 Å². The van der Waals surface area contributed by atoms with Gasteiger partial charge in [0.1, 0.15) is 17.4 Å². The van der Waals surface area contributed by atoms with Crippen molar-refractivity contribution in [3.63, 3.8) is 0 Å². The second-order valence-corrected chi connectivity index (χ2v) is 8.74. The Balaban J connectivity index is 0.000000217. The predicted molar refractivity (Wildman–Crippen MR) is 108 cm³/mol. The molecular formula is C20H21ClF4N5O2U-. The molecular weight excluding hydrogens is 692 g/mol. The van der Waals surface area contributed by atoms with Crippen LogP contribution >= 0.6 is 11.6 Å². The van der Waals surface area contributed by atoms with E-state index >= 15 is 0 Å². The second kappa shape index (κ2) is 9.61. The quantitative estimate of drug-likeness (QED) is 0.277. The van der Waals surface area contributed by atoms with Gasteiger partial charge in [-0.2, -0.15) is 16.4 Å². The van der Waals surface area contributed by atoms with Crippen LogP contribution in [0.15, 0.2) is 6.20 Å². The minimum atomic E-state index is -2.92. The van der Waals surface area contributed by atoms with E-state index < -0.39 is 41.0 Å². The molecule has 0 radical (unpaired) electrons. The Labute approximate surface area is 216 Å². The first kappa shape index (κ1) is 25.2. The van der Waals surface area contributed by atoms with E-state index in [1.807, 2.05) is 0 Å². The van der Waals surface area contributed by atoms with Gasteiger partial charge in [-0.25, -0.2) is 28.6 Å². The van der Waals surface area contributed by atoms with Gasteiger partial charge in [-0.15, -0.1) is 6.42 Å². The molecule has 0 amide bonds. The van der Waals surface area contributed by atoms with E-state index in [0.717, 1.165) is 19.4 Å². The van der Waals surface area contributed by atoms with Crippen LogP contribution in [0.2, 0.25) is 5.15 Å². The van der Waals surface area contributed by atoms with E-state index in [0.29, 0.717) is 6.54 Å². The Kier molecular flexibility index (Phi) is 7.33. The molecule has 1 unspecified atom stereocenters. The molecule has 3 atom stereocenters. The maximum Gasteiger partial charge on any atom is 0.316 e. The minimum absolute atomic E-state index is 0. The number of pyridine rings is 1. The topological polar surface area (TPSA) is 74.6 Å². The van der Waals surface area contributed by atoms with Crippen LogP contribution in [0, 0.1) is 48.9 Å². The van der Waals surface area contributed by atoms with Gasteiger partial charge in [0.25, 0.3) is 5.92 Å². The van der Waals surface area contributed by atoms with E-state index in [1.54, 1.807) is 0 Å². The SMILES string of the molecule is F[C@@H]1C[C-]2CCCN2C1.Oc1nc(N2CCOCC3[C@@H]2C3(F)F)c2cnc(Cl)c(F)c2n1.[U]. The Morgan fingerprint density at radius 1 is 1.27 bits per heavy atom. The number of fused-ring (bicyclic) bond motifs is 3. The van der Waals surface area contributed by atoms with Gasteiger partial charge in [-0.1, -0.05) is 18.0 Å². The molecule has 1 saturated carbocycles. The summed E-state index contributed by atoms with van der Waals surface area (Å²) in [6.45, 7) is 2.08. The van der Waals surface area contributed by atoms with E-state index in [9.17, 15) is 22.7 Å². The molecule has 33 heavy (non-hydrogen) atoms. The molecule has 6 rings (SSSR count). The van der Waals surface area contributed by atoms with Crippen LogP contribution in [-0.4, -0.2) is 75.9 Å². The number of hydrogen-bond donors (Lipinski definition) is 1. The molecule has 1 aliphatic carbocycles. The van der Waals surface area contributed by atoms with Gasteiger partial charge in [-0.05, 0) is 13.1 Å². The Morgan fingerprint density at radius 3 is 2.82 bits per heavy atom. The molecule has 1 N–H and O–H groups in total. The fourth-order valence-corrected chi connectivity index (χ4v) is 4.92. The van der Waals surface area contributed by atoms with Crippen molar-refractivity contribution in [1.29, 1.82) is 0 Å². The molecule has 4 fully saturated rings. The van der Waals surface area contributed by atoms with Crippen molar-refractivity contribution < 1.29 is 58.5 Å². The zero-order chi connectivity index (χ0) is 22.6. The maximum absolute atomic E-state index is 14.1. The van der Waals surface area contributed by atoms with Gasteiger partial charge in [0.05, 0.1) is 30.7 Å². The molecule has 178 valence electrons. The molecule has 7 nitrogen and oxygen atoms in total. The summed E-state index contributed by atoms with van der Waals surface area (Å²) < 4.78 is 59.7. The third-order valence-electron chi connectivity index (χ3n) is 6.37.